The van der Waals surface area contributed by atoms with Gasteiger partial charge in [-0.15, -0.1) is 0 Å². The maximum Gasteiger partial charge on any atom is 0.0998 e. The van der Waals surface area contributed by atoms with Crippen molar-refractivity contribution in [3.05, 3.63) is 169 Å². The molecular formula is C44H26N4. The summed E-state index contributed by atoms with van der Waals surface area (Å²) in [5.41, 5.74) is 11.5. The highest BCUT2D eigenvalue weighted by Gasteiger charge is 2.18. The van der Waals surface area contributed by atoms with E-state index in [9.17, 15) is 10.5 Å². The Hall–Kier alpha value is -6.88. The molecule has 0 unspecified atom stereocenters. The largest absolute Gasteiger partial charge is 0.309 e. The van der Waals surface area contributed by atoms with Gasteiger partial charge >= 0.3 is 0 Å². The summed E-state index contributed by atoms with van der Waals surface area (Å²) in [5.74, 6) is 0. The zero-order valence-electron chi connectivity index (χ0n) is 25.8. The number of rotatable bonds is 4. The minimum absolute atomic E-state index is 0.586. The molecule has 0 amide bonds. The Morgan fingerprint density at radius 2 is 0.958 bits per heavy atom. The maximum absolute atomic E-state index is 10.5. The van der Waals surface area contributed by atoms with Gasteiger partial charge in [-0.3, -0.25) is 0 Å². The zero-order chi connectivity index (χ0) is 32.2. The van der Waals surface area contributed by atoms with Crippen molar-refractivity contribution < 1.29 is 0 Å². The van der Waals surface area contributed by atoms with E-state index in [1.54, 1.807) is 0 Å². The topological polar surface area (TPSA) is 57.4 Å². The van der Waals surface area contributed by atoms with Crippen LogP contribution in [0.2, 0.25) is 0 Å². The van der Waals surface area contributed by atoms with Gasteiger partial charge in [0.15, 0.2) is 0 Å². The summed E-state index contributed by atoms with van der Waals surface area (Å²) in [4.78, 5) is 0. The molecule has 4 nitrogen and oxygen atoms in total. The lowest BCUT2D eigenvalue weighted by Gasteiger charge is -2.15. The van der Waals surface area contributed by atoms with Gasteiger partial charge in [0, 0.05) is 32.8 Å². The molecule has 0 aliphatic carbocycles. The molecule has 4 heteroatoms. The van der Waals surface area contributed by atoms with E-state index < -0.39 is 0 Å². The average molecular weight is 611 g/mol. The molecular weight excluding hydrogens is 585 g/mol. The molecule has 48 heavy (non-hydrogen) atoms. The van der Waals surface area contributed by atoms with Crippen molar-refractivity contribution in [3.63, 3.8) is 0 Å². The monoisotopic (exact) mass is 610 g/mol. The number of hydrogen-bond donors (Lipinski definition) is 0. The van der Waals surface area contributed by atoms with Crippen molar-refractivity contribution in [1.82, 2.24) is 9.13 Å². The molecule has 0 bridgehead atoms. The first-order valence-electron chi connectivity index (χ1n) is 15.9. The van der Waals surface area contributed by atoms with Gasteiger partial charge < -0.3 is 9.13 Å². The third-order valence-electron chi connectivity index (χ3n) is 9.41. The van der Waals surface area contributed by atoms with Gasteiger partial charge in [-0.1, -0.05) is 103 Å². The quantitative estimate of drug-likeness (QED) is 0.199. The van der Waals surface area contributed by atoms with Crippen molar-refractivity contribution in [3.8, 4) is 45.8 Å². The first-order valence-corrected chi connectivity index (χ1v) is 15.9. The normalized spacial score (nSPS) is 11.3. The number of aromatic nitrogens is 2. The lowest BCUT2D eigenvalue weighted by molar-refractivity contribution is 1.18. The highest BCUT2D eigenvalue weighted by atomic mass is 15.0. The Labute approximate surface area is 277 Å². The van der Waals surface area contributed by atoms with E-state index in [0.29, 0.717) is 11.1 Å². The van der Waals surface area contributed by atoms with E-state index in [-0.39, 0.29) is 0 Å². The Morgan fingerprint density at radius 1 is 0.396 bits per heavy atom. The number of para-hydroxylation sites is 4. The van der Waals surface area contributed by atoms with Gasteiger partial charge in [0.1, 0.15) is 0 Å². The van der Waals surface area contributed by atoms with E-state index in [1.807, 2.05) is 42.5 Å². The second-order valence-electron chi connectivity index (χ2n) is 12.0. The minimum Gasteiger partial charge on any atom is -0.309 e. The van der Waals surface area contributed by atoms with Crippen molar-refractivity contribution in [2.75, 3.05) is 0 Å². The summed E-state index contributed by atoms with van der Waals surface area (Å²) in [6, 6.07) is 58.9. The summed E-state index contributed by atoms with van der Waals surface area (Å²) in [7, 11) is 0. The fraction of sp³-hybridized carbons (Fsp3) is 0. The second-order valence-corrected chi connectivity index (χ2v) is 12.0. The van der Waals surface area contributed by atoms with Crippen LogP contribution in [-0.2, 0) is 0 Å². The lowest BCUT2D eigenvalue weighted by atomic mass is 9.95. The Morgan fingerprint density at radius 3 is 1.67 bits per heavy atom. The highest BCUT2D eigenvalue weighted by Crippen LogP contribution is 2.39. The third-order valence-corrected chi connectivity index (χ3v) is 9.41. The molecule has 0 spiro atoms. The van der Waals surface area contributed by atoms with Crippen LogP contribution in [0.5, 0.6) is 0 Å². The van der Waals surface area contributed by atoms with Crippen LogP contribution in [0.3, 0.4) is 0 Å². The van der Waals surface area contributed by atoms with Gasteiger partial charge in [0.2, 0.25) is 0 Å². The van der Waals surface area contributed by atoms with Crippen molar-refractivity contribution >= 4 is 43.6 Å². The van der Waals surface area contributed by atoms with Gasteiger partial charge in [-0.05, 0) is 71.3 Å². The van der Waals surface area contributed by atoms with Crippen molar-refractivity contribution in [2.24, 2.45) is 0 Å². The van der Waals surface area contributed by atoms with Crippen LogP contribution in [0, 0.1) is 22.7 Å². The summed E-state index contributed by atoms with van der Waals surface area (Å²) < 4.78 is 4.50. The second kappa shape index (κ2) is 10.9. The van der Waals surface area contributed by atoms with Crippen LogP contribution in [0.4, 0.5) is 0 Å². The van der Waals surface area contributed by atoms with Gasteiger partial charge in [-0.25, -0.2) is 0 Å². The number of hydrogen-bond acceptors (Lipinski definition) is 2. The van der Waals surface area contributed by atoms with Crippen molar-refractivity contribution in [2.45, 2.75) is 0 Å². The molecule has 9 aromatic rings. The molecule has 0 aliphatic heterocycles. The lowest BCUT2D eigenvalue weighted by Crippen LogP contribution is -1.97. The molecule has 222 valence electrons. The highest BCUT2D eigenvalue weighted by molar-refractivity contribution is 6.12. The molecule has 9 rings (SSSR count). The Balaban J connectivity index is 1.19. The van der Waals surface area contributed by atoms with E-state index in [2.05, 4.69) is 137 Å². The average Bonchev–Trinajstić information content (AvgIpc) is 3.68. The van der Waals surface area contributed by atoms with Crippen LogP contribution in [0.25, 0.3) is 77.2 Å². The Bertz CT molecular complexity index is 2760. The molecule has 2 aromatic heterocycles. The summed E-state index contributed by atoms with van der Waals surface area (Å²) in [6.45, 7) is 0. The molecule has 2 heterocycles. The maximum atomic E-state index is 10.5. The smallest absolute Gasteiger partial charge is 0.0998 e. The molecule has 0 saturated carbocycles. The fourth-order valence-corrected chi connectivity index (χ4v) is 7.36. The summed E-state index contributed by atoms with van der Waals surface area (Å²) >= 11 is 0. The van der Waals surface area contributed by atoms with Crippen LogP contribution in [-0.4, -0.2) is 9.13 Å². The number of fused-ring (bicyclic) bond motifs is 6. The molecule has 7 aromatic carbocycles. The van der Waals surface area contributed by atoms with E-state index in [1.165, 1.54) is 10.8 Å². The van der Waals surface area contributed by atoms with Gasteiger partial charge in [0.25, 0.3) is 0 Å². The minimum atomic E-state index is 0.586. The van der Waals surface area contributed by atoms with Crippen LogP contribution in [0.1, 0.15) is 11.1 Å². The molecule has 0 fully saturated rings. The molecule has 0 atom stereocenters. The number of nitriles is 2. The van der Waals surface area contributed by atoms with E-state index in [0.717, 1.165) is 66.5 Å². The summed E-state index contributed by atoms with van der Waals surface area (Å²) in [5, 5.41) is 24.7. The number of nitrogens with zero attached hydrogens (tertiary/aromatic N) is 4. The predicted molar refractivity (Wildman–Crippen MR) is 195 cm³/mol. The Kier molecular flexibility index (Phi) is 6.22. The third kappa shape index (κ3) is 4.07. The van der Waals surface area contributed by atoms with Crippen LogP contribution >= 0.6 is 0 Å². The standard InChI is InChI=1S/C44H26N4/c45-27-31-13-10-22-43-44(31)38-17-4-8-21-42(38)47(43)33-23-24-34(32(26-33)28-46)29-11-9-12-30(25-29)35-14-1-5-18-39(35)48-40-19-6-2-15-36(40)37-16-3-7-20-41(37)48/h1-26H. The zero-order valence-corrected chi connectivity index (χ0v) is 25.8. The van der Waals surface area contributed by atoms with E-state index in [4.69, 9.17) is 0 Å². The van der Waals surface area contributed by atoms with Gasteiger partial charge in [-0.2, -0.15) is 10.5 Å². The van der Waals surface area contributed by atoms with Crippen LogP contribution < -0.4 is 0 Å². The van der Waals surface area contributed by atoms with Gasteiger partial charge in [0.05, 0.1) is 51.0 Å². The molecule has 0 N–H and O–H groups in total. The SMILES string of the molecule is N#Cc1cc(-n2c3ccccc3c3c(C#N)cccc32)ccc1-c1cccc(-c2ccccc2-n2c3ccccc3c3ccccc32)c1. The molecule has 0 radical (unpaired) electrons. The molecule has 0 saturated heterocycles. The first-order chi connectivity index (χ1) is 23.7. The first kappa shape index (κ1) is 27.4. The summed E-state index contributed by atoms with van der Waals surface area (Å²) in [6.07, 6.45) is 0. The molecule has 0 aliphatic rings. The predicted octanol–water partition coefficient (Wildman–Crippen LogP) is 11.0. The van der Waals surface area contributed by atoms with Crippen LogP contribution in [0.15, 0.2) is 158 Å². The van der Waals surface area contributed by atoms with Crippen molar-refractivity contribution in [1.29, 1.82) is 10.5 Å². The fourth-order valence-electron chi connectivity index (χ4n) is 7.36. The van der Waals surface area contributed by atoms with E-state index >= 15 is 0 Å². The number of benzene rings is 7.